The van der Waals surface area contributed by atoms with Gasteiger partial charge in [0.1, 0.15) is 0 Å². The Morgan fingerprint density at radius 2 is 1.71 bits per heavy atom. The maximum Gasteiger partial charge on any atom is 0.244 e. The highest BCUT2D eigenvalue weighted by Gasteiger charge is 2.22. The molecule has 1 saturated heterocycles. The van der Waals surface area contributed by atoms with E-state index in [1.54, 1.807) is 24.3 Å². The summed E-state index contributed by atoms with van der Waals surface area (Å²) in [4.78, 5) is 7.18. The van der Waals surface area contributed by atoms with Gasteiger partial charge in [-0.2, -0.15) is 4.98 Å². The fraction of sp³-hybridized carbons (Fsp3) is 0.529. The highest BCUT2D eigenvalue weighted by molar-refractivity contribution is 7.90. The molecule has 130 valence electrons. The van der Waals surface area contributed by atoms with Crippen molar-refractivity contribution in [2.75, 3.05) is 19.3 Å². The van der Waals surface area contributed by atoms with E-state index < -0.39 is 9.84 Å². The van der Waals surface area contributed by atoms with Crippen LogP contribution in [0.2, 0.25) is 0 Å². The molecule has 1 aliphatic rings. The zero-order valence-corrected chi connectivity index (χ0v) is 14.9. The third kappa shape index (κ3) is 3.84. The molecule has 0 saturated carbocycles. The Balaban J connectivity index is 1.77. The summed E-state index contributed by atoms with van der Waals surface area (Å²) in [7, 11) is -3.20. The van der Waals surface area contributed by atoms with Crippen molar-refractivity contribution in [2.45, 2.75) is 43.5 Å². The maximum absolute atomic E-state index is 11.5. The molecule has 1 aromatic carbocycles. The van der Waals surface area contributed by atoms with Crippen LogP contribution in [0.5, 0.6) is 0 Å². The number of aromatic nitrogens is 2. The van der Waals surface area contributed by atoms with Gasteiger partial charge in [0, 0.05) is 11.8 Å². The van der Waals surface area contributed by atoms with Gasteiger partial charge in [-0.3, -0.25) is 4.90 Å². The third-order valence-electron chi connectivity index (χ3n) is 4.53. The first-order valence-electron chi connectivity index (χ1n) is 8.33. The van der Waals surface area contributed by atoms with Crippen LogP contribution in [0.15, 0.2) is 33.7 Å². The fourth-order valence-electron chi connectivity index (χ4n) is 3.01. The monoisotopic (exact) mass is 349 g/mol. The van der Waals surface area contributed by atoms with Gasteiger partial charge in [-0.05, 0) is 57.1 Å². The summed E-state index contributed by atoms with van der Waals surface area (Å²) in [6, 6.07) is 6.65. The number of rotatable bonds is 4. The standard InChI is InChI=1S/C17H23N3O3S/c1-13(20-11-5-3-4-6-12-20)17-18-16(19-23-17)14-7-9-15(10-8-14)24(2,21)22/h7-10,13H,3-6,11-12H2,1-2H3/t13-/m1/s1. The van der Waals surface area contributed by atoms with Gasteiger partial charge in [-0.1, -0.05) is 18.0 Å². The first kappa shape index (κ1) is 17.1. The first-order valence-corrected chi connectivity index (χ1v) is 10.2. The lowest BCUT2D eigenvalue weighted by molar-refractivity contribution is 0.179. The van der Waals surface area contributed by atoms with Crippen molar-refractivity contribution >= 4 is 9.84 Å². The van der Waals surface area contributed by atoms with E-state index in [2.05, 4.69) is 22.0 Å². The zero-order chi connectivity index (χ0) is 17.2. The van der Waals surface area contributed by atoms with Gasteiger partial charge in [0.15, 0.2) is 9.84 Å². The Kier molecular flexibility index (Phi) is 5.01. The predicted octanol–water partition coefficient (Wildman–Crippen LogP) is 3.08. The molecule has 1 atom stereocenters. The molecule has 0 unspecified atom stereocenters. The molecule has 2 heterocycles. The van der Waals surface area contributed by atoms with Crippen molar-refractivity contribution in [2.24, 2.45) is 0 Å². The van der Waals surface area contributed by atoms with Crippen LogP contribution in [0.25, 0.3) is 11.4 Å². The minimum Gasteiger partial charge on any atom is -0.337 e. The normalized spacial score (nSPS) is 18.2. The molecule has 24 heavy (non-hydrogen) atoms. The Morgan fingerprint density at radius 1 is 1.08 bits per heavy atom. The van der Waals surface area contributed by atoms with E-state index in [0.717, 1.165) is 18.7 Å². The topological polar surface area (TPSA) is 76.3 Å². The lowest BCUT2D eigenvalue weighted by atomic mass is 10.2. The highest BCUT2D eigenvalue weighted by Crippen LogP contribution is 2.25. The molecule has 0 radical (unpaired) electrons. The molecule has 0 spiro atoms. The third-order valence-corrected chi connectivity index (χ3v) is 5.66. The van der Waals surface area contributed by atoms with Gasteiger partial charge in [0.25, 0.3) is 0 Å². The van der Waals surface area contributed by atoms with Gasteiger partial charge in [-0.25, -0.2) is 8.42 Å². The summed E-state index contributed by atoms with van der Waals surface area (Å²) < 4.78 is 28.5. The van der Waals surface area contributed by atoms with Crippen molar-refractivity contribution in [1.29, 1.82) is 0 Å². The van der Waals surface area contributed by atoms with Crippen molar-refractivity contribution in [3.05, 3.63) is 30.2 Å². The molecule has 0 bridgehead atoms. The van der Waals surface area contributed by atoms with Crippen LogP contribution < -0.4 is 0 Å². The zero-order valence-electron chi connectivity index (χ0n) is 14.1. The number of hydrogen-bond acceptors (Lipinski definition) is 6. The van der Waals surface area contributed by atoms with Crippen LogP contribution in [0.4, 0.5) is 0 Å². The van der Waals surface area contributed by atoms with Crippen molar-refractivity contribution in [3.63, 3.8) is 0 Å². The number of likely N-dealkylation sites (tertiary alicyclic amines) is 1. The Bertz CT molecular complexity index is 776. The minimum atomic E-state index is -3.20. The first-order chi connectivity index (χ1) is 11.4. The minimum absolute atomic E-state index is 0.0969. The lowest BCUT2D eigenvalue weighted by Gasteiger charge is -2.24. The average Bonchev–Trinajstić information content (AvgIpc) is 2.89. The second kappa shape index (κ2) is 7.03. The fourth-order valence-corrected chi connectivity index (χ4v) is 3.64. The van der Waals surface area contributed by atoms with Crippen LogP contribution in [-0.4, -0.2) is 42.8 Å². The van der Waals surface area contributed by atoms with Crippen molar-refractivity contribution in [3.8, 4) is 11.4 Å². The van der Waals surface area contributed by atoms with Crippen LogP contribution in [-0.2, 0) is 9.84 Å². The predicted molar refractivity (Wildman–Crippen MR) is 91.3 cm³/mol. The SMILES string of the molecule is C[C@H](c1nc(-c2ccc(S(C)(=O)=O)cc2)no1)N1CCCCCC1. The van der Waals surface area contributed by atoms with E-state index in [1.165, 1.54) is 31.9 Å². The molecule has 0 N–H and O–H groups in total. The molecular weight excluding hydrogens is 326 g/mol. The van der Waals surface area contributed by atoms with Crippen molar-refractivity contribution in [1.82, 2.24) is 15.0 Å². The summed E-state index contributed by atoms with van der Waals surface area (Å²) >= 11 is 0. The summed E-state index contributed by atoms with van der Waals surface area (Å²) in [6.45, 7) is 4.21. The van der Waals surface area contributed by atoms with E-state index in [4.69, 9.17) is 4.52 Å². The van der Waals surface area contributed by atoms with Crippen LogP contribution in [0, 0.1) is 0 Å². The largest absolute Gasteiger partial charge is 0.337 e. The maximum atomic E-state index is 11.5. The lowest BCUT2D eigenvalue weighted by Crippen LogP contribution is -2.28. The summed E-state index contributed by atoms with van der Waals surface area (Å²) in [5, 5.41) is 4.06. The van der Waals surface area contributed by atoms with E-state index in [9.17, 15) is 8.42 Å². The second-order valence-corrected chi connectivity index (χ2v) is 8.39. The summed E-state index contributed by atoms with van der Waals surface area (Å²) in [6.07, 6.45) is 6.17. The van der Waals surface area contributed by atoms with Crippen LogP contribution in [0.3, 0.4) is 0 Å². The molecule has 1 aromatic heterocycles. The van der Waals surface area contributed by atoms with Gasteiger partial charge in [-0.15, -0.1) is 0 Å². The van der Waals surface area contributed by atoms with Crippen molar-refractivity contribution < 1.29 is 12.9 Å². The molecule has 3 rings (SSSR count). The molecule has 7 heteroatoms. The smallest absolute Gasteiger partial charge is 0.244 e. The molecule has 0 aliphatic carbocycles. The number of sulfone groups is 1. The summed E-state index contributed by atoms with van der Waals surface area (Å²) in [5.41, 5.74) is 0.750. The van der Waals surface area contributed by atoms with E-state index >= 15 is 0 Å². The molecular formula is C17H23N3O3S. The summed E-state index contributed by atoms with van der Waals surface area (Å²) in [5.74, 6) is 1.10. The van der Waals surface area contributed by atoms with Crippen LogP contribution >= 0.6 is 0 Å². The van der Waals surface area contributed by atoms with Crippen LogP contribution in [0.1, 0.15) is 44.5 Å². The molecule has 0 amide bonds. The molecule has 1 fully saturated rings. The molecule has 2 aromatic rings. The molecule has 6 nitrogen and oxygen atoms in total. The number of benzene rings is 1. The van der Waals surface area contributed by atoms with Gasteiger partial charge < -0.3 is 4.52 Å². The Labute approximate surface area is 142 Å². The average molecular weight is 349 g/mol. The molecule has 1 aliphatic heterocycles. The second-order valence-electron chi connectivity index (χ2n) is 6.38. The Morgan fingerprint density at radius 3 is 2.29 bits per heavy atom. The van der Waals surface area contributed by atoms with Gasteiger partial charge in [0.05, 0.1) is 10.9 Å². The Hall–Kier alpha value is -1.73. The van der Waals surface area contributed by atoms with Gasteiger partial charge >= 0.3 is 0 Å². The van der Waals surface area contributed by atoms with E-state index in [1.807, 2.05) is 0 Å². The number of nitrogens with zero attached hydrogens (tertiary/aromatic N) is 3. The highest BCUT2D eigenvalue weighted by atomic mass is 32.2. The van der Waals surface area contributed by atoms with E-state index in [-0.39, 0.29) is 10.9 Å². The van der Waals surface area contributed by atoms with Gasteiger partial charge in [0.2, 0.25) is 11.7 Å². The quantitative estimate of drug-likeness (QED) is 0.844. The number of hydrogen-bond donors (Lipinski definition) is 0. The van der Waals surface area contributed by atoms with E-state index in [0.29, 0.717) is 11.7 Å².